The second kappa shape index (κ2) is 9.90. The van der Waals surface area contributed by atoms with E-state index in [9.17, 15) is 23.2 Å². The molecule has 0 saturated heterocycles. The molecule has 1 aliphatic carbocycles. The van der Waals surface area contributed by atoms with Crippen LogP contribution in [0.15, 0.2) is 30.3 Å². The molecule has 206 valence electrons. The van der Waals surface area contributed by atoms with Crippen LogP contribution in [-0.2, 0) is 12.8 Å². The standard InChI is InChI=1S/C28H30F3N5O2S/c1-27(2,3)16-7-10-18-19(14-32)26(39-22(18)11-16)34-25(37)21-13-24-33-20(15-5-8-17(38-4)9-6-15)12-23(28(29,30)31)36(24)35-21/h5-6,8-9,13,16,20,23,33H,7,10-12H2,1-4H3,(H,34,37)/t16-,20+,23+/m0/s1. The molecule has 0 unspecified atom stereocenters. The van der Waals surface area contributed by atoms with Crippen LogP contribution in [0.25, 0.3) is 0 Å². The van der Waals surface area contributed by atoms with Gasteiger partial charge in [0.2, 0.25) is 0 Å². The largest absolute Gasteiger partial charge is 0.497 e. The van der Waals surface area contributed by atoms with Gasteiger partial charge in [-0.1, -0.05) is 32.9 Å². The average Bonchev–Trinajstić information content (AvgIpc) is 3.47. The summed E-state index contributed by atoms with van der Waals surface area (Å²) in [5.74, 6) is 0.520. The molecule has 0 bridgehead atoms. The summed E-state index contributed by atoms with van der Waals surface area (Å²) < 4.78 is 48.3. The van der Waals surface area contributed by atoms with Crippen LogP contribution >= 0.6 is 11.3 Å². The van der Waals surface area contributed by atoms with Gasteiger partial charge in [0.05, 0.1) is 18.7 Å². The van der Waals surface area contributed by atoms with Crippen molar-refractivity contribution in [2.75, 3.05) is 17.7 Å². The molecule has 5 rings (SSSR count). The highest BCUT2D eigenvalue weighted by Gasteiger charge is 2.47. The molecule has 39 heavy (non-hydrogen) atoms. The number of carbonyl (C=O) groups is 1. The zero-order chi connectivity index (χ0) is 28.1. The van der Waals surface area contributed by atoms with Gasteiger partial charge in [-0.2, -0.15) is 23.5 Å². The number of hydrogen-bond donors (Lipinski definition) is 2. The first-order valence-corrected chi connectivity index (χ1v) is 13.6. The number of nitriles is 1. The number of aromatic nitrogens is 2. The van der Waals surface area contributed by atoms with Crippen LogP contribution in [0.5, 0.6) is 5.75 Å². The van der Waals surface area contributed by atoms with Crippen molar-refractivity contribution in [2.45, 2.75) is 64.7 Å². The predicted molar refractivity (Wildman–Crippen MR) is 143 cm³/mol. The summed E-state index contributed by atoms with van der Waals surface area (Å²) in [6, 6.07) is 7.85. The maximum absolute atomic E-state index is 14.1. The number of hydrogen-bond acceptors (Lipinski definition) is 6. The van der Waals surface area contributed by atoms with E-state index >= 15 is 0 Å². The molecule has 0 radical (unpaired) electrons. The Kier molecular flexibility index (Phi) is 6.87. The summed E-state index contributed by atoms with van der Waals surface area (Å²) >= 11 is 1.37. The molecule has 3 heterocycles. The molecule has 1 aliphatic heterocycles. The van der Waals surface area contributed by atoms with Crippen molar-refractivity contribution in [2.24, 2.45) is 11.3 Å². The molecule has 0 fully saturated rings. The highest BCUT2D eigenvalue weighted by molar-refractivity contribution is 7.16. The Hall–Kier alpha value is -3.52. The second-order valence-electron chi connectivity index (χ2n) is 11.2. The number of anilines is 2. The third-order valence-electron chi connectivity index (χ3n) is 7.77. The minimum Gasteiger partial charge on any atom is -0.497 e. The van der Waals surface area contributed by atoms with E-state index in [1.54, 1.807) is 24.3 Å². The molecule has 0 saturated carbocycles. The van der Waals surface area contributed by atoms with Gasteiger partial charge in [0.1, 0.15) is 22.6 Å². The zero-order valence-corrected chi connectivity index (χ0v) is 23.0. The fourth-order valence-electron chi connectivity index (χ4n) is 5.44. The molecule has 3 atom stereocenters. The third kappa shape index (κ3) is 5.22. The predicted octanol–water partition coefficient (Wildman–Crippen LogP) is 6.89. The van der Waals surface area contributed by atoms with E-state index in [2.05, 4.69) is 42.6 Å². The summed E-state index contributed by atoms with van der Waals surface area (Å²) in [6.45, 7) is 6.60. The summed E-state index contributed by atoms with van der Waals surface area (Å²) in [7, 11) is 1.52. The van der Waals surface area contributed by atoms with Crippen LogP contribution in [0.4, 0.5) is 24.0 Å². The summed E-state index contributed by atoms with van der Waals surface area (Å²) in [5, 5.41) is 20.2. The lowest BCUT2D eigenvalue weighted by Crippen LogP contribution is -2.35. The van der Waals surface area contributed by atoms with Crippen LogP contribution in [-0.4, -0.2) is 29.0 Å². The zero-order valence-electron chi connectivity index (χ0n) is 22.1. The Morgan fingerprint density at radius 2 is 1.97 bits per heavy atom. The smallest absolute Gasteiger partial charge is 0.410 e. The van der Waals surface area contributed by atoms with Crippen LogP contribution in [0.3, 0.4) is 0 Å². The van der Waals surface area contributed by atoms with E-state index in [0.717, 1.165) is 34.4 Å². The topological polar surface area (TPSA) is 92.0 Å². The normalized spacial score (nSPS) is 20.8. The number of halogens is 3. The second-order valence-corrected chi connectivity index (χ2v) is 12.3. The quantitative estimate of drug-likeness (QED) is 0.365. The number of ether oxygens (including phenoxy) is 1. The van der Waals surface area contributed by atoms with E-state index in [1.807, 2.05) is 0 Å². The van der Waals surface area contributed by atoms with E-state index in [0.29, 0.717) is 27.8 Å². The van der Waals surface area contributed by atoms with Crippen molar-refractivity contribution in [3.63, 3.8) is 0 Å². The lowest BCUT2D eigenvalue weighted by Gasteiger charge is -2.33. The van der Waals surface area contributed by atoms with Crippen LogP contribution in [0.1, 0.15) is 77.8 Å². The molecular formula is C28H30F3N5O2S. The van der Waals surface area contributed by atoms with Gasteiger partial charge >= 0.3 is 6.18 Å². The van der Waals surface area contributed by atoms with Gasteiger partial charge in [-0.05, 0) is 53.9 Å². The number of nitrogens with zero attached hydrogens (tertiary/aromatic N) is 3. The molecule has 3 aromatic rings. The van der Waals surface area contributed by atoms with Crippen LogP contribution in [0.2, 0.25) is 0 Å². The maximum Gasteiger partial charge on any atom is 0.410 e. The van der Waals surface area contributed by atoms with Crippen molar-refractivity contribution in [3.8, 4) is 11.8 Å². The van der Waals surface area contributed by atoms with Gasteiger partial charge in [0.15, 0.2) is 11.7 Å². The van der Waals surface area contributed by atoms with Gasteiger partial charge in [-0.15, -0.1) is 11.3 Å². The lowest BCUT2D eigenvalue weighted by atomic mass is 9.72. The minimum atomic E-state index is -4.56. The molecule has 1 amide bonds. The monoisotopic (exact) mass is 557 g/mol. The van der Waals surface area contributed by atoms with Crippen molar-refractivity contribution in [1.82, 2.24) is 9.78 Å². The van der Waals surface area contributed by atoms with Crippen molar-refractivity contribution in [3.05, 3.63) is 57.6 Å². The van der Waals surface area contributed by atoms with E-state index in [-0.39, 0.29) is 23.3 Å². The highest BCUT2D eigenvalue weighted by atomic mass is 32.1. The molecule has 2 N–H and O–H groups in total. The number of thiophene rings is 1. The number of benzene rings is 1. The van der Waals surface area contributed by atoms with Gasteiger partial charge in [-0.3, -0.25) is 4.79 Å². The summed E-state index contributed by atoms with van der Waals surface area (Å²) in [4.78, 5) is 14.3. The van der Waals surface area contributed by atoms with Crippen molar-refractivity contribution < 1.29 is 22.7 Å². The molecule has 2 aliphatic rings. The van der Waals surface area contributed by atoms with Gasteiger partial charge in [-0.25, -0.2) is 4.68 Å². The Morgan fingerprint density at radius 1 is 1.26 bits per heavy atom. The van der Waals surface area contributed by atoms with E-state index in [4.69, 9.17) is 4.74 Å². The minimum absolute atomic E-state index is 0.105. The molecule has 7 nitrogen and oxygen atoms in total. The van der Waals surface area contributed by atoms with Crippen LogP contribution in [0, 0.1) is 22.7 Å². The first-order chi connectivity index (χ1) is 18.4. The molecular weight excluding hydrogens is 527 g/mol. The lowest BCUT2D eigenvalue weighted by molar-refractivity contribution is -0.173. The van der Waals surface area contributed by atoms with Crippen LogP contribution < -0.4 is 15.4 Å². The summed E-state index contributed by atoms with van der Waals surface area (Å²) in [5.41, 5.74) is 2.04. The third-order valence-corrected chi connectivity index (χ3v) is 8.94. The van der Waals surface area contributed by atoms with Gasteiger partial charge in [0, 0.05) is 17.4 Å². The molecule has 2 aromatic heterocycles. The highest BCUT2D eigenvalue weighted by Crippen LogP contribution is 2.45. The van der Waals surface area contributed by atoms with E-state index < -0.39 is 24.2 Å². The average molecular weight is 558 g/mol. The first kappa shape index (κ1) is 27.1. The molecule has 1 aromatic carbocycles. The number of nitrogens with one attached hydrogen (secondary N) is 2. The van der Waals surface area contributed by atoms with Crippen molar-refractivity contribution in [1.29, 1.82) is 5.26 Å². The first-order valence-electron chi connectivity index (χ1n) is 12.8. The fourth-order valence-corrected chi connectivity index (χ4v) is 6.71. The number of alkyl halides is 3. The number of rotatable bonds is 4. The molecule has 0 spiro atoms. The van der Waals surface area contributed by atoms with Gasteiger partial charge < -0.3 is 15.4 Å². The number of methoxy groups -OCH3 is 1. The Labute approximate surface area is 229 Å². The Bertz CT molecular complexity index is 1430. The Balaban J connectivity index is 1.41. The Morgan fingerprint density at radius 3 is 2.59 bits per heavy atom. The SMILES string of the molecule is COc1ccc([C@H]2C[C@H](C(F)(F)F)n3nc(C(=O)Nc4sc5c(c4C#N)CC[C@H](C(C)(C)C)C5)cc3N2)cc1. The number of amides is 1. The van der Waals surface area contributed by atoms with Gasteiger partial charge in [0.25, 0.3) is 5.91 Å². The number of carbonyl (C=O) groups excluding carboxylic acids is 1. The number of fused-ring (bicyclic) bond motifs is 2. The maximum atomic E-state index is 14.1. The van der Waals surface area contributed by atoms with E-state index in [1.165, 1.54) is 24.5 Å². The fraction of sp³-hybridized carbons (Fsp3) is 0.464. The van der Waals surface area contributed by atoms with Crippen molar-refractivity contribution >= 4 is 28.1 Å². The summed E-state index contributed by atoms with van der Waals surface area (Å²) in [6.07, 6.45) is -2.29. The molecule has 11 heteroatoms.